The van der Waals surface area contributed by atoms with Gasteiger partial charge < -0.3 is 5.32 Å². The molecule has 3 rings (SSSR count). The largest absolute Gasteiger partial charge is 0.326 e. The molecule has 0 spiro atoms. The van der Waals surface area contributed by atoms with E-state index in [1.165, 1.54) is 11.3 Å². The summed E-state index contributed by atoms with van der Waals surface area (Å²) >= 11 is 3.74. The predicted molar refractivity (Wildman–Crippen MR) is 96.8 cm³/mol. The summed E-state index contributed by atoms with van der Waals surface area (Å²) in [5.74, 6) is -0.0648. The van der Waals surface area contributed by atoms with Gasteiger partial charge in [-0.2, -0.15) is 0 Å². The monoisotopic (exact) mass is 421 g/mol. The SMILES string of the molecule is O=C(Cc1csc(-c2cccnc2)n1)Nc1cccc(I)c1. The zero-order valence-electron chi connectivity index (χ0n) is 11.5. The van der Waals surface area contributed by atoms with Crippen molar-refractivity contribution in [3.05, 3.63) is 63.4 Å². The van der Waals surface area contributed by atoms with E-state index in [0.29, 0.717) is 0 Å². The van der Waals surface area contributed by atoms with E-state index in [0.717, 1.165) is 25.5 Å². The number of halogens is 1. The first-order valence-electron chi connectivity index (χ1n) is 6.61. The minimum atomic E-state index is -0.0648. The lowest BCUT2D eigenvalue weighted by atomic mass is 10.2. The number of pyridine rings is 1. The second kappa shape index (κ2) is 6.97. The van der Waals surface area contributed by atoms with Crippen LogP contribution in [-0.4, -0.2) is 15.9 Å². The van der Waals surface area contributed by atoms with Crippen LogP contribution in [0.3, 0.4) is 0 Å². The van der Waals surface area contributed by atoms with Crippen LogP contribution in [0.1, 0.15) is 5.69 Å². The van der Waals surface area contributed by atoms with Gasteiger partial charge in [-0.05, 0) is 52.9 Å². The minimum absolute atomic E-state index is 0.0648. The molecular weight excluding hydrogens is 409 g/mol. The van der Waals surface area contributed by atoms with E-state index in [4.69, 9.17) is 0 Å². The highest BCUT2D eigenvalue weighted by molar-refractivity contribution is 14.1. The van der Waals surface area contributed by atoms with E-state index >= 15 is 0 Å². The number of carbonyl (C=O) groups excluding carboxylic acids is 1. The Morgan fingerprint density at radius 1 is 1.27 bits per heavy atom. The third kappa shape index (κ3) is 3.89. The van der Waals surface area contributed by atoms with Crippen LogP contribution in [0.15, 0.2) is 54.2 Å². The number of nitrogens with zero attached hydrogens (tertiary/aromatic N) is 2. The van der Waals surface area contributed by atoms with E-state index in [-0.39, 0.29) is 12.3 Å². The molecule has 0 unspecified atom stereocenters. The summed E-state index contributed by atoms with van der Waals surface area (Å²) in [5.41, 5.74) is 2.54. The minimum Gasteiger partial charge on any atom is -0.326 e. The topological polar surface area (TPSA) is 54.9 Å². The van der Waals surface area contributed by atoms with Crippen LogP contribution >= 0.6 is 33.9 Å². The van der Waals surface area contributed by atoms with Crippen molar-refractivity contribution in [2.45, 2.75) is 6.42 Å². The molecule has 22 heavy (non-hydrogen) atoms. The first-order chi connectivity index (χ1) is 10.7. The summed E-state index contributed by atoms with van der Waals surface area (Å²) < 4.78 is 1.09. The van der Waals surface area contributed by atoms with Crippen LogP contribution in [0.4, 0.5) is 5.69 Å². The molecule has 0 saturated carbocycles. The number of aromatic nitrogens is 2. The lowest BCUT2D eigenvalue weighted by molar-refractivity contribution is -0.115. The number of amides is 1. The van der Waals surface area contributed by atoms with Gasteiger partial charge in [0.15, 0.2) is 0 Å². The van der Waals surface area contributed by atoms with Gasteiger partial charge in [0.1, 0.15) is 5.01 Å². The van der Waals surface area contributed by atoms with Gasteiger partial charge in [-0.3, -0.25) is 9.78 Å². The Balaban J connectivity index is 1.66. The molecule has 0 atom stereocenters. The predicted octanol–water partition coefficient (Wildman–Crippen LogP) is 3.99. The molecule has 0 aliphatic rings. The maximum atomic E-state index is 12.1. The van der Waals surface area contributed by atoms with E-state index in [1.807, 2.05) is 41.8 Å². The fourth-order valence-electron chi connectivity index (χ4n) is 1.95. The van der Waals surface area contributed by atoms with Crippen LogP contribution in [0, 0.1) is 3.57 Å². The highest BCUT2D eigenvalue weighted by Crippen LogP contribution is 2.23. The molecule has 4 nitrogen and oxygen atoms in total. The van der Waals surface area contributed by atoms with Gasteiger partial charge in [-0.25, -0.2) is 4.98 Å². The van der Waals surface area contributed by atoms with Gasteiger partial charge in [0.2, 0.25) is 5.91 Å². The van der Waals surface area contributed by atoms with Crippen molar-refractivity contribution < 1.29 is 4.79 Å². The summed E-state index contributed by atoms with van der Waals surface area (Å²) in [5, 5.41) is 5.68. The number of rotatable bonds is 4. The first kappa shape index (κ1) is 15.1. The van der Waals surface area contributed by atoms with Crippen molar-refractivity contribution in [1.82, 2.24) is 9.97 Å². The Hall–Kier alpha value is -1.80. The summed E-state index contributed by atoms with van der Waals surface area (Å²) in [6.07, 6.45) is 3.77. The number of hydrogen-bond acceptors (Lipinski definition) is 4. The smallest absolute Gasteiger partial charge is 0.230 e. The molecule has 110 valence electrons. The summed E-state index contributed by atoms with van der Waals surface area (Å²) in [6, 6.07) is 11.5. The number of thiazole rings is 1. The summed E-state index contributed by atoms with van der Waals surface area (Å²) in [7, 11) is 0. The van der Waals surface area contributed by atoms with Gasteiger partial charge in [0.25, 0.3) is 0 Å². The molecule has 0 fully saturated rings. The molecule has 1 N–H and O–H groups in total. The third-order valence-electron chi connectivity index (χ3n) is 2.91. The molecule has 0 bridgehead atoms. The van der Waals surface area contributed by atoms with Crippen molar-refractivity contribution in [1.29, 1.82) is 0 Å². The van der Waals surface area contributed by atoms with Crippen LogP contribution in [0.5, 0.6) is 0 Å². The normalized spacial score (nSPS) is 10.4. The third-order valence-corrected chi connectivity index (χ3v) is 4.52. The quantitative estimate of drug-likeness (QED) is 0.649. The summed E-state index contributed by atoms with van der Waals surface area (Å²) in [6.45, 7) is 0. The van der Waals surface area contributed by atoms with E-state index < -0.39 is 0 Å². The van der Waals surface area contributed by atoms with Crippen LogP contribution in [0.2, 0.25) is 0 Å². The number of anilines is 1. The number of carbonyl (C=O) groups is 1. The molecular formula is C16H12IN3OS. The van der Waals surface area contributed by atoms with Crippen molar-refractivity contribution in [2.24, 2.45) is 0 Å². The molecule has 6 heteroatoms. The fourth-order valence-corrected chi connectivity index (χ4v) is 3.30. The molecule has 2 aromatic heterocycles. The van der Waals surface area contributed by atoms with Crippen molar-refractivity contribution in [3.63, 3.8) is 0 Å². The Kier molecular flexibility index (Phi) is 4.79. The second-order valence-electron chi connectivity index (χ2n) is 4.62. The molecule has 0 saturated heterocycles. The van der Waals surface area contributed by atoms with Gasteiger partial charge in [0, 0.05) is 32.6 Å². The van der Waals surface area contributed by atoms with Gasteiger partial charge in [-0.1, -0.05) is 6.07 Å². The maximum absolute atomic E-state index is 12.1. The molecule has 0 aliphatic heterocycles. The number of hydrogen-bond donors (Lipinski definition) is 1. The Morgan fingerprint density at radius 2 is 2.18 bits per heavy atom. The van der Waals surface area contributed by atoms with Crippen LogP contribution in [0.25, 0.3) is 10.6 Å². The zero-order chi connectivity index (χ0) is 15.4. The first-order valence-corrected chi connectivity index (χ1v) is 8.57. The van der Waals surface area contributed by atoms with E-state index in [1.54, 1.807) is 12.4 Å². The highest BCUT2D eigenvalue weighted by Gasteiger charge is 2.09. The molecule has 1 amide bonds. The maximum Gasteiger partial charge on any atom is 0.230 e. The highest BCUT2D eigenvalue weighted by atomic mass is 127. The molecule has 0 radical (unpaired) electrons. The fraction of sp³-hybridized carbons (Fsp3) is 0.0625. The zero-order valence-corrected chi connectivity index (χ0v) is 14.5. The standard InChI is InChI=1S/C16H12IN3OS/c17-12-4-1-5-13(7-12)19-15(21)8-14-10-22-16(20-14)11-3-2-6-18-9-11/h1-7,9-10H,8H2,(H,19,21). The lowest BCUT2D eigenvalue weighted by Crippen LogP contribution is -2.14. The van der Waals surface area contributed by atoms with Crippen LogP contribution in [-0.2, 0) is 11.2 Å². The van der Waals surface area contributed by atoms with Crippen LogP contribution < -0.4 is 5.32 Å². The van der Waals surface area contributed by atoms with E-state index in [9.17, 15) is 4.79 Å². The van der Waals surface area contributed by atoms with Crippen molar-refractivity contribution >= 4 is 45.5 Å². The Morgan fingerprint density at radius 3 is 2.95 bits per heavy atom. The van der Waals surface area contributed by atoms with Crippen molar-refractivity contribution in [3.8, 4) is 10.6 Å². The van der Waals surface area contributed by atoms with Gasteiger partial charge >= 0.3 is 0 Å². The summed E-state index contributed by atoms with van der Waals surface area (Å²) in [4.78, 5) is 20.7. The molecule has 3 aromatic rings. The number of nitrogens with one attached hydrogen (secondary N) is 1. The Bertz CT molecular complexity index is 789. The Labute approximate surface area is 145 Å². The number of benzene rings is 1. The molecule has 2 heterocycles. The lowest BCUT2D eigenvalue weighted by Gasteiger charge is -2.04. The average molecular weight is 421 g/mol. The molecule has 1 aromatic carbocycles. The average Bonchev–Trinajstić information content (AvgIpc) is 2.96. The second-order valence-corrected chi connectivity index (χ2v) is 6.72. The van der Waals surface area contributed by atoms with Gasteiger partial charge in [0.05, 0.1) is 12.1 Å². The van der Waals surface area contributed by atoms with Gasteiger partial charge in [-0.15, -0.1) is 11.3 Å². The van der Waals surface area contributed by atoms with E-state index in [2.05, 4.69) is 37.9 Å². The molecule has 0 aliphatic carbocycles. The van der Waals surface area contributed by atoms with Crippen molar-refractivity contribution in [2.75, 3.05) is 5.32 Å².